The normalized spacial score (nSPS) is 15.3. The van der Waals surface area contributed by atoms with Crippen LogP contribution in [-0.4, -0.2) is 23.7 Å². The van der Waals surface area contributed by atoms with Gasteiger partial charge < -0.3 is 4.98 Å². The summed E-state index contributed by atoms with van der Waals surface area (Å²) in [5.41, 5.74) is 4.19. The van der Waals surface area contributed by atoms with Crippen molar-refractivity contribution in [2.24, 2.45) is 0 Å². The van der Waals surface area contributed by atoms with Crippen LogP contribution in [-0.2, 0) is 16.6 Å². The maximum atomic E-state index is 13.5. The number of hydrogen-bond acceptors (Lipinski definition) is 3. The molecule has 0 amide bonds. The maximum absolute atomic E-state index is 13.5. The van der Waals surface area contributed by atoms with Gasteiger partial charge in [0.15, 0.2) is 0 Å². The molecule has 0 bridgehead atoms. The van der Waals surface area contributed by atoms with Crippen LogP contribution in [0.5, 0.6) is 0 Å². The molecule has 1 saturated carbocycles. The second-order valence-corrected chi connectivity index (χ2v) is 10.4. The van der Waals surface area contributed by atoms with Gasteiger partial charge in [0, 0.05) is 18.2 Å². The molecule has 5 nitrogen and oxygen atoms in total. The monoisotopic (exact) mass is 424 g/mol. The van der Waals surface area contributed by atoms with Crippen LogP contribution in [0.1, 0.15) is 47.9 Å². The van der Waals surface area contributed by atoms with E-state index in [4.69, 9.17) is 0 Å². The van der Waals surface area contributed by atoms with Crippen molar-refractivity contribution in [2.75, 3.05) is 0 Å². The Labute approximate surface area is 177 Å². The molecule has 3 aromatic rings. The number of nitrogens with one attached hydrogen (secondary N) is 1. The average Bonchev–Trinajstić information content (AvgIpc) is 3.21. The Bertz CT molecular complexity index is 1240. The number of H-pyrrole nitrogens is 1. The van der Waals surface area contributed by atoms with Crippen LogP contribution < -0.4 is 5.56 Å². The van der Waals surface area contributed by atoms with Crippen LogP contribution in [0.25, 0.3) is 10.9 Å². The lowest BCUT2D eigenvalue weighted by Gasteiger charge is -2.28. The Morgan fingerprint density at radius 3 is 2.30 bits per heavy atom. The van der Waals surface area contributed by atoms with Gasteiger partial charge in [-0.3, -0.25) is 4.79 Å². The molecule has 1 aliphatic rings. The van der Waals surface area contributed by atoms with Crippen LogP contribution in [0.15, 0.2) is 52.2 Å². The summed E-state index contributed by atoms with van der Waals surface area (Å²) < 4.78 is 28.6. The van der Waals surface area contributed by atoms with E-state index < -0.39 is 10.0 Å². The second kappa shape index (κ2) is 8.00. The van der Waals surface area contributed by atoms with Crippen molar-refractivity contribution in [2.45, 2.75) is 63.9 Å². The molecule has 0 atom stereocenters. The highest BCUT2D eigenvalue weighted by molar-refractivity contribution is 7.89. The molecular weight excluding hydrogens is 396 g/mol. The molecule has 30 heavy (non-hydrogen) atoms. The fourth-order valence-corrected chi connectivity index (χ4v) is 6.13. The molecule has 1 fully saturated rings. The van der Waals surface area contributed by atoms with Gasteiger partial charge in [-0.2, -0.15) is 4.31 Å². The van der Waals surface area contributed by atoms with Gasteiger partial charge in [-0.05, 0) is 68.8 Å². The molecule has 4 rings (SSSR count). The zero-order valence-electron chi connectivity index (χ0n) is 17.7. The number of aryl methyl sites for hydroxylation is 3. The van der Waals surface area contributed by atoms with Gasteiger partial charge in [-0.25, -0.2) is 8.42 Å². The molecule has 0 saturated heterocycles. The van der Waals surface area contributed by atoms with Crippen molar-refractivity contribution in [3.05, 3.63) is 75.1 Å². The number of aromatic nitrogens is 1. The van der Waals surface area contributed by atoms with Crippen molar-refractivity contribution in [3.63, 3.8) is 0 Å². The van der Waals surface area contributed by atoms with E-state index in [0.29, 0.717) is 5.56 Å². The van der Waals surface area contributed by atoms with E-state index in [9.17, 15) is 13.2 Å². The van der Waals surface area contributed by atoms with Crippen molar-refractivity contribution in [1.29, 1.82) is 0 Å². The van der Waals surface area contributed by atoms with Crippen molar-refractivity contribution >= 4 is 20.9 Å². The quantitative estimate of drug-likeness (QED) is 0.651. The summed E-state index contributed by atoms with van der Waals surface area (Å²) >= 11 is 0. The lowest BCUT2D eigenvalue weighted by atomic mass is 10.1. The Kier molecular flexibility index (Phi) is 5.55. The molecule has 158 valence electrons. The Morgan fingerprint density at radius 1 is 0.967 bits per heavy atom. The number of nitrogens with zero attached hydrogens (tertiary/aromatic N) is 1. The van der Waals surface area contributed by atoms with Crippen molar-refractivity contribution in [1.82, 2.24) is 9.29 Å². The number of sulfonamides is 1. The number of fused-ring (bicyclic) bond motifs is 1. The fourth-order valence-electron chi connectivity index (χ4n) is 4.47. The molecule has 0 aliphatic heterocycles. The summed E-state index contributed by atoms with van der Waals surface area (Å²) in [5.74, 6) is 0. The summed E-state index contributed by atoms with van der Waals surface area (Å²) in [6.45, 7) is 6.00. The molecule has 2 aromatic carbocycles. The number of aromatic amines is 1. The first-order valence-corrected chi connectivity index (χ1v) is 11.9. The summed E-state index contributed by atoms with van der Waals surface area (Å²) in [7, 11) is -3.71. The van der Waals surface area contributed by atoms with E-state index in [2.05, 4.69) is 4.98 Å². The minimum atomic E-state index is -3.71. The third-order valence-electron chi connectivity index (χ3n) is 6.06. The van der Waals surface area contributed by atoms with Crippen LogP contribution >= 0.6 is 0 Å². The highest BCUT2D eigenvalue weighted by Gasteiger charge is 2.34. The van der Waals surface area contributed by atoms with Crippen LogP contribution in [0.4, 0.5) is 0 Å². The first-order valence-electron chi connectivity index (χ1n) is 10.5. The first kappa shape index (κ1) is 20.8. The first-order chi connectivity index (χ1) is 14.3. The molecule has 0 unspecified atom stereocenters. The molecular formula is C24H28N2O3S. The highest BCUT2D eigenvalue weighted by atomic mass is 32.2. The van der Waals surface area contributed by atoms with Crippen LogP contribution in [0, 0.1) is 20.8 Å². The van der Waals surface area contributed by atoms with Gasteiger partial charge in [0.1, 0.15) is 0 Å². The molecule has 1 N–H and O–H groups in total. The fraction of sp³-hybridized carbons (Fsp3) is 0.375. The lowest BCUT2D eigenvalue weighted by Crippen LogP contribution is -2.39. The molecule has 0 radical (unpaired) electrons. The predicted molar refractivity (Wildman–Crippen MR) is 120 cm³/mol. The van der Waals surface area contributed by atoms with Gasteiger partial charge in [0.2, 0.25) is 10.0 Å². The van der Waals surface area contributed by atoms with Gasteiger partial charge in [-0.15, -0.1) is 0 Å². The summed E-state index contributed by atoms with van der Waals surface area (Å²) in [6.07, 6.45) is 3.68. The van der Waals surface area contributed by atoms with Crippen molar-refractivity contribution in [3.8, 4) is 0 Å². The van der Waals surface area contributed by atoms with Gasteiger partial charge in [0.05, 0.1) is 10.4 Å². The molecule has 0 spiro atoms. The van der Waals surface area contributed by atoms with E-state index >= 15 is 0 Å². The summed E-state index contributed by atoms with van der Waals surface area (Å²) in [5, 5.41) is 0.932. The average molecular weight is 425 g/mol. The van der Waals surface area contributed by atoms with E-state index in [1.807, 2.05) is 51.1 Å². The molecule has 6 heteroatoms. The standard InChI is InChI=1S/C24H28N2O3S/c1-16-8-10-22(11-9-16)30(28,29)26(21-6-4-5-7-21)15-20-14-19-13-17(2)12-18(3)23(19)25-24(20)27/h8-14,21H,4-7,15H2,1-3H3,(H,25,27). The molecule has 1 heterocycles. The predicted octanol–water partition coefficient (Wildman–Crippen LogP) is 4.59. The molecule has 1 aliphatic carbocycles. The van der Waals surface area contributed by atoms with Crippen LogP contribution in [0.2, 0.25) is 0 Å². The number of rotatable bonds is 5. The van der Waals surface area contributed by atoms with Crippen LogP contribution in [0.3, 0.4) is 0 Å². The number of pyridine rings is 1. The summed E-state index contributed by atoms with van der Waals surface area (Å²) in [6, 6.07) is 12.8. The molecule has 1 aromatic heterocycles. The SMILES string of the molecule is Cc1ccc(S(=O)(=O)N(Cc2cc3cc(C)cc(C)c3[nH]c2=O)C2CCCC2)cc1. The zero-order valence-corrected chi connectivity index (χ0v) is 18.6. The van der Waals surface area contributed by atoms with E-state index in [1.165, 1.54) is 0 Å². The van der Waals surface area contributed by atoms with E-state index in [1.54, 1.807) is 16.4 Å². The largest absolute Gasteiger partial charge is 0.321 e. The smallest absolute Gasteiger partial charge is 0.252 e. The van der Waals surface area contributed by atoms with Gasteiger partial charge in [0.25, 0.3) is 5.56 Å². The Morgan fingerprint density at radius 2 is 1.63 bits per heavy atom. The van der Waals surface area contributed by atoms with Gasteiger partial charge in [-0.1, -0.05) is 42.2 Å². The zero-order chi connectivity index (χ0) is 21.5. The third-order valence-corrected chi connectivity index (χ3v) is 7.97. The second-order valence-electron chi connectivity index (χ2n) is 8.47. The maximum Gasteiger partial charge on any atom is 0.252 e. The topological polar surface area (TPSA) is 70.2 Å². The third kappa shape index (κ3) is 3.94. The number of benzene rings is 2. The Balaban J connectivity index is 1.79. The van der Waals surface area contributed by atoms with E-state index in [-0.39, 0.29) is 23.0 Å². The number of hydrogen-bond donors (Lipinski definition) is 1. The lowest BCUT2D eigenvalue weighted by molar-refractivity contribution is 0.315. The summed E-state index contributed by atoms with van der Waals surface area (Å²) in [4.78, 5) is 16.1. The Hall–Kier alpha value is -2.44. The van der Waals surface area contributed by atoms with Crippen molar-refractivity contribution < 1.29 is 8.42 Å². The minimum absolute atomic E-state index is 0.0781. The minimum Gasteiger partial charge on any atom is -0.321 e. The van der Waals surface area contributed by atoms with E-state index in [0.717, 1.165) is 53.3 Å². The highest BCUT2D eigenvalue weighted by Crippen LogP contribution is 2.30. The van der Waals surface area contributed by atoms with Gasteiger partial charge >= 0.3 is 0 Å².